The van der Waals surface area contributed by atoms with Crippen molar-refractivity contribution in [3.8, 4) is 11.5 Å². The second-order valence-corrected chi connectivity index (χ2v) is 6.60. The predicted molar refractivity (Wildman–Crippen MR) is 102 cm³/mol. The Morgan fingerprint density at radius 2 is 1.65 bits per heavy atom. The van der Waals surface area contributed by atoms with Gasteiger partial charge in [0.2, 0.25) is 0 Å². The van der Waals surface area contributed by atoms with E-state index in [1.54, 1.807) is 14.2 Å². The van der Waals surface area contributed by atoms with Crippen molar-refractivity contribution in [1.29, 1.82) is 0 Å². The third kappa shape index (κ3) is 4.17. The van der Waals surface area contributed by atoms with Gasteiger partial charge in [0, 0.05) is 38.3 Å². The summed E-state index contributed by atoms with van der Waals surface area (Å²) in [4.78, 5) is 17.1. The van der Waals surface area contributed by atoms with Gasteiger partial charge in [-0.05, 0) is 42.3 Å². The van der Waals surface area contributed by atoms with Crippen LogP contribution in [0.4, 0.5) is 0 Å². The minimum Gasteiger partial charge on any atom is -0.497 e. The van der Waals surface area contributed by atoms with Gasteiger partial charge in [-0.25, -0.2) is 0 Å². The third-order valence-electron chi connectivity index (χ3n) is 4.88. The van der Waals surface area contributed by atoms with Crippen LogP contribution in [0.3, 0.4) is 0 Å². The smallest absolute Gasteiger partial charge is 0.254 e. The number of amides is 1. The van der Waals surface area contributed by atoms with Crippen LogP contribution in [-0.2, 0) is 6.54 Å². The summed E-state index contributed by atoms with van der Waals surface area (Å²) in [5.41, 5.74) is 2.98. The standard InChI is InChI=1S/C21H26N2O3/c1-16-4-7-18(14-20(16)26-3)21(24)23-12-10-22(11-13-23)15-17-5-8-19(25-2)9-6-17/h4-9,14H,10-13,15H2,1-3H3. The number of nitrogens with zero attached hydrogens (tertiary/aromatic N) is 2. The van der Waals surface area contributed by atoms with Gasteiger partial charge < -0.3 is 14.4 Å². The molecule has 0 unspecified atom stereocenters. The molecule has 0 aliphatic carbocycles. The van der Waals surface area contributed by atoms with Gasteiger partial charge >= 0.3 is 0 Å². The van der Waals surface area contributed by atoms with Crippen molar-refractivity contribution in [3.63, 3.8) is 0 Å². The van der Waals surface area contributed by atoms with E-state index in [9.17, 15) is 4.79 Å². The molecule has 5 heteroatoms. The van der Waals surface area contributed by atoms with Gasteiger partial charge in [-0.2, -0.15) is 0 Å². The van der Waals surface area contributed by atoms with Crippen LogP contribution in [0.15, 0.2) is 42.5 Å². The first-order valence-corrected chi connectivity index (χ1v) is 8.90. The van der Waals surface area contributed by atoms with Crippen LogP contribution in [0.25, 0.3) is 0 Å². The number of benzene rings is 2. The van der Waals surface area contributed by atoms with E-state index in [4.69, 9.17) is 9.47 Å². The lowest BCUT2D eigenvalue weighted by Crippen LogP contribution is -2.48. The first kappa shape index (κ1) is 18.3. The van der Waals surface area contributed by atoms with Gasteiger partial charge in [-0.1, -0.05) is 18.2 Å². The lowest BCUT2D eigenvalue weighted by Gasteiger charge is -2.35. The van der Waals surface area contributed by atoms with E-state index in [1.807, 2.05) is 42.2 Å². The fourth-order valence-electron chi connectivity index (χ4n) is 3.23. The number of carbonyl (C=O) groups excluding carboxylic acids is 1. The molecule has 0 saturated carbocycles. The number of methoxy groups -OCH3 is 2. The average Bonchev–Trinajstić information content (AvgIpc) is 2.69. The van der Waals surface area contributed by atoms with Gasteiger partial charge in [0.15, 0.2) is 0 Å². The van der Waals surface area contributed by atoms with E-state index < -0.39 is 0 Å². The molecule has 3 rings (SSSR count). The zero-order valence-corrected chi connectivity index (χ0v) is 15.7. The molecule has 0 N–H and O–H groups in total. The molecule has 1 aliphatic heterocycles. The maximum atomic E-state index is 12.8. The largest absolute Gasteiger partial charge is 0.497 e. The van der Waals surface area contributed by atoms with Crippen molar-refractivity contribution >= 4 is 5.91 Å². The van der Waals surface area contributed by atoms with Crippen molar-refractivity contribution < 1.29 is 14.3 Å². The molecule has 1 amide bonds. The highest BCUT2D eigenvalue weighted by molar-refractivity contribution is 5.94. The van der Waals surface area contributed by atoms with Crippen molar-refractivity contribution in [2.75, 3.05) is 40.4 Å². The highest BCUT2D eigenvalue weighted by atomic mass is 16.5. The molecule has 1 aliphatic rings. The molecule has 2 aromatic rings. The van der Waals surface area contributed by atoms with Crippen LogP contribution < -0.4 is 9.47 Å². The second kappa shape index (κ2) is 8.23. The van der Waals surface area contributed by atoms with E-state index in [0.29, 0.717) is 5.56 Å². The summed E-state index contributed by atoms with van der Waals surface area (Å²) in [6.45, 7) is 6.10. The summed E-state index contributed by atoms with van der Waals surface area (Å²) in [5, 5.41) is 0. The molecule has 0 spiro atoms. The zero-order chi connectivity index (χ0) is 18.5. The second-order valence-electron chi connectivity index (χ2n) is 6.60. The van der Waals surface area contributed by atoms with Crippen LogP contribution >= 0.6 is 0 Å². The third-order valence-corrected chi connectivity index (χ3v) is 4.88. The molecule has 2 aromatic carbocycles. The van der Waals surface area contributed by atoms with Crippen molar-refractivity contribution in [2.24, 2.45) is 0 Å². The number of hydrogen-bond acceptors (Lipinski definition) is 4. The Bertz CT molecular complexity index is 750. The normalized spacial score (nSPS) is 15.0. The number of ether oxygens (including phenoxy) is 2. The Morgan fingerprint density at radius 1 is 0.962 bits per heavy atom. The molecule has 0 radical (unpaired) electrons. The Morgan fingerprint density at radius 3 is 2.27 bits per heavy atom. The molecule has 0 bridgehead atoms. The SMILES string of the molecule is COc1ccc(CN2CCN(C(=O)c3ccc(C)c(OC)c3)CC2)cc1. The average molecular weight is 354 g/mol. The fourth-order valence-corrected chi connectivity index (χ4v) is 3.23. The topological polar surface area (TPSA) is 42.0 Å². The van der Waals surface area contributed by atoms with E-state index in [0.717, 1.165) is 49.8 Å². The molecule has 138 valence electrons. The molecular weight excluding hydrogens is 328 g/mol. The fraction of sp³-hybridized carbons (Fsp3) is 0.381. The Hall–Kier alpha value is -2.53. The van der Waals surface area contributed by atoms with Gasteiger partial charge in [0.05, 0.1) is 14.2 Å². The summed E-state index contributed by atoms with van der Waals surface area (Å²) in [6.07, 6.45) is 0. The van der Waals surface area contributed by atoms with E-state index in [-0.39, 0.29) is 5.91 Å². The first-order chi connectivity index (χ1) is 12.6. The maximum absolute atomic E-state index is 12.8. The van der Waals surface area contributed by atoms with Crippen molar-refractivity contribution in [1.82, 2.24) is 9.80 Å². The Balaban J connectivity index is 1.56. The molecule has 1 fully saturated rings. The summed E-state index contributed by atoms with van der Waals surface area (Å²) in [7, 11) is 3.31. The maximum Gasteiger partial charge on any atom is 0.254 e. The highest BCUT2D eigenvalue weighted by Gasteiger charge is 2.22. The Labute approximate surface area is 155 Å². The first-order valence-electron chi connectivity index (χ1n) is 8.90. The number of piperazine rings is 1. The van der Waals surface area contributed by atoms with Gasteiger partial charge in [-0.3, -0.25) is 9.69 Å². The molecule has 0 atom stereocenters. The zero-order valence-electron chi connectivity index (χ0n) is 15.7. The number of aryl methyl sites for hydroxylation is 1. The molecule has 26 heavy (non-hydrogen) atoms. The number of carbonyl (C=O) groups is 1. The van der Waals surface area contributed by atoms with Crippen LogP contribution in [0.2, 0.25) is 0 Å². The lowest BCUT2D eigenvalue weighted by molar-refractivity contribution is 0.0628. The summed E-state index contributed by atoms with van der Waals surface area (Å²) in [6, 6.07) is 13.8. The van der Waals surface area contributed by atoms with Crippen LogP contribution in [0, 0.1) is 6.92 Å². The molecule has 1 saturated heterocycles. The minimum absolute atomic E-state index is 0.0763. The summed E-state index contributed by atoms with van der Waals surface area (Å²) in [5.74, 6) is 1.71. The van der Waals surface area contributed by atoms with Crippen LogP contribution in [0.1, 0.15) is 21.5 Å². The summed E-state index contributed by atoms with van der Waals surface area (Å²) < 4.78 is 10.5. The van der Waals surface area contributed by atoms with E-state index in [1.165, 1.54) is 5.56 Å². The monoisotopic (exact) mass is 354 g/mol. The van der Waals surface area contributed by atoms with Crippen LogP contribution in [0.5, 0.6) is 11.5 Å². The number of rotatable bonds is 5. The summed E-state index contributed by atoms with van der Waals surface area (Å²) >= 11 is 0. The van der Waals surface area contributed by atoms with Gasteiger partial charge in [-0.15, -0.1) is 0 Å². The van der Waals surface area contributed by atoms with Crippen molar-refractivity contribution in [2.45, 2.75) is 13.5 Å². The molecule has 0 aromatic heterocycles. The van der Waals surface area contributed by atoms with Gasteiger partial charge in [0.25, 0.3) is 5.91 Å². The Kier molecular flexibility index (Phi) is 5.78. The number of hydrogen-bond donors (Lipinski definition) is 0. The highest BCUT2D eigenvalue weighted by Crippen LogP contribution is 2.21. The van der Waals surface area contributed by atoms with Gasteiger partial charge in [0.1, 0.15) is 11.5 Å². The lowest BCUT2D eigenvalue weighted by atomic mass is 10.1. The van der Waals surface area contributed by atoms with E-state index in [2.05, 4.69) is 17.0 Å². The molecule has 5 nitrogen and oxygen atoms in total. The minimum atomic E-state index is 0.0763. The quantitative estimate of drug-likeness (QED) is 0.828. The van der Waals surface area contributed by atoms with Crippen LogP contribution in [-0.4, -0.2) is 56.1 Å². The van der Waals surface area contributed by atoms with E-state index >= 15 is 0 Å². The molecular formula is C21H26N2O3. The molecule has 1 heterocycles. The predicted octanol–water partition coefficient (Wildman–Crippen LogP) is 2.97. The van der Waals surface area contributed by atoms with Crippen molar-refractivity contribution in [3.05, 3.63) is 59.2 Å².